The van der Waals surface area contributed by atoms with Crippen LogP contribution in [0.3, 0.4) is 0 Å². The third kappa shape index (κ3) is 7.54. The number of halogens is 2. The van der Waals surface area contributed by atoms with Gasteiger partial charge in [-0.2, -0.15) is 0 Å². The number of nitrogens with one attached hydrogen (secondary N) is 1. The van der Waals surface area contributed by atoms with E-state index in [2.05, 4.69) is 10.2 Å². The number of hydrogen-bond donors (Lipinski definition) is 2. The van der Waals surface area contributed by atoms with Crippen LogP contribution in [0.2, 0.25) is 5.02 Å². The molecular weight excluding hydrogens is 393 g/mol. The molecular formula is C18H27Cl2N3O4. The number of amides is 1. The first-order valence-electron chi connectivity index (χ1n) is 8.62. The van der Waals surface area contributed by atoms with Crippen LogP contribution in [-0.2, 0) is 16.1 Å². The molecule has 9 heteroatoms. The molecule has 1 saturated heterocycles. The van der Waals surface area contributed by atoms with Crippen LogP contribution in [0.5, 0.6) is 5.75 Å². The van der Waals surface area contributed by atoms with E-state index in [1.54, 1.807) is 25.3 Å². The van der Waals surface area contributed by atoms with Gasteiger partial charge in [-0.25, -0.2) is 0 Å². The number of carboxylic acid groups (broad SMARTS) is 1. The van der Waals surface area contributed by atoms with Gasteiger partial charge >= 0.3 is 5.97 Å². The molecule has 1 fully saturated rings. The zero-order chi connectivity index (χ0) is 19.1. The lowest BCUT2D eigenvalue weighted by molar-refractivity contribution is -0.138. The molecule has 2 N–H and O–H groups in total. The Kier molecular flexibility index (Phi) is 9.87. The molecule has 0 unspecified atom stereocenters. The Balaban J connectivity index is 0.00000364. The number of piperidine rings is 1. The van der Waals surface area contributed by atoms with E-state index < -0.39 is 5.97 Å². The number of carbonyl (C=O) groups is 2. The largest absolute Gasteiger partial charge is 0.496 e. The van der Waals surface area contributed by atoms with Crippen molar-refractivity contribution >= 4 is 35.9 Å². The first-order valence-corrected chi connectivity index (χ1v) is 9.00. The lowest BCUT2D eigenvalue weighted by atomic mass is 10.0. The zero-order valence-corrected chi connectivity index (χ0v) is 17.2. The second-order valence-electron chi connectivity index (χ2n) is 6.55. The summed E-state index contributed by atoms with van der Waals surface area (Å²) >= 11 is 6.00. The van der Waals surface area contributed by atoms with Crippen LogP contribution in [0.1, 0.15) is 18.4 Å². The highest BCUT2D eigenvalue weighted by Gasteiger charge is 2.24. The molecule has 2 rings (SSSR count). The highest BCUT2D eigenvalue weighted by atomic mass is 35.5. The third-order valence-electron chi connectivity index (χ3n) is 4.65. The van der Waals surface area contributed by atoms with Crippen molar-refractivity contribution in [3.05, 3.63) is 28.8 Å². The molecule has 1 heterocycles. The standard InChI is InChI=1S/C18H26ClN3O4.ClH/c1-21(12-18(24)25)15-5-7-22(8-6-15)11-17(23)20-10-13-9-14(19)3-4-16(13)26-2;/h3-4,9,15H,5-8,10-12H2,1-2H3,(H,20,23)(H,24,25);1H. The zero-order valence-electron chi connectivity index (χ0n) is 15.6. The number of carbonyl (C=O) groups excluding carboxylic acids is 1. The van der Waals surface area contributed by atoms with Gasteiger partial charge in [-0.15, -0.1) is 12.4 Å². The first kappa shape index (κ1) is 23.5. The highest BCUT2D eigenvalue weighted by Crippen LogP contribution is 2.22. The molecule has 1 amide bonds. The van der Waals surface area contributed by atoms with Gasteiger partial charge in [0.1, 0.15) is 5.75 Å². The average Bonchev–Trinajstić information content (AvgIpc) is 2.60. The number of methoxy groups -OCH3 is 1. The van der Waals surface area contributed by atoms with Crippen molar-refractivity contribution in [3.8, 4) is 5.75 Å². The van der Waals surface area contributed by atoms with Crippen molar-refractivity contribution in [1.29, 1.82) is 0 Å². The predicted octanol–water partition coefficient (Wildman–Crippen LogP) is 1.87. The maximum absolute atomic E-state index is 12.2. The molecule has 1 aromatic carbocycles. The van der Waals surface area contributed by atoms with Crippen molar-refractivity contribution in [2.45, 2.75) is 25.4 Å². The molecule has 7 nitrogen and oxygen atoms in total. The predicted molar refractivity (Wildman–Crippen MR) is 107 cm³/mol. The molecule has 1 aliphatic heterocycles. The van der Waals surface area contributed by atoms with Crippen molar-refractivity contribution in [2.24, 2.45) is 0 Å². The van der Waals surface area contributed by atoms with Crippen molar-refractivity contribution in [1.82, 2.24) is 15.1 Å². The number of aliphatic carboxylic acids is 1. The summed E-state index contributed by atoms with van der Waals surface area (Å²) in [5.74, 6) is -0.174. The van der Waals surface area contributed by atoms with Gasteiger partial charge in [0.25, 0.3) is 0 Å². The van der Waals surface area contributed by atoms with Crippen molar-refractivity contribution in [3.63, 3.8) is 0 Å². The van der Waals surface area contributed by atoms with Gasteiger partial charge in [0.15, 0.2) is 0 Å². The number of carboxylic acids is 1. The van der Waals surface area contributed by atoms with Crippen LogP contribution in [0, 0.1) is 0 Å². The molecule has 0 spiro atoms. The monoisotopic (exact) mass is 419 g/mol. The highest BCUT2D eigenvalue weighted by molar-refractivity contribution is 6.30. The summed E-state index contributed by atoms with van der Waals surface area (Å²) < 4.78 is 5.28. The molecule has 0 bridgehead atoms. The molecule has 0 radical (unpaired) electrons. The lowest BCUT2D eigenvalue weighted by Gasteiger charge is -2.35. The molecule has 1 aromatic rings. The summed E-state index contributed by atoms with van der Waals surface area (Å²) in [6, 6.07) is 5.56. The number of rotatable bonds is 8. The van der Waals surface area contributed by atoms with Crippen molar-refractivity contribution in [2.75, 3.05) is 40.3 Å². The Bertz CT molecular complexity index is 637. The van der Waals surface area contributed by atoms with E-state index in [-0.39, 0.29) is 30.9 Å². The molecule has 0 saturated carbocycles. The number of ether oxygens (including phenoxy) is 1. The summed E-state index contributed by atoms with van der Waals surface area (Å²) in [6.45, 7) is 2.30. The van der Waals surface area contributed by atoms with Crippen LogP contribution in [0.25, 0.3) is 0 Å². The SMILES string of the molecule is COc1ccc(Cl)cc1CNC(=O)CN1CCC(N(C)CC(=O)O)CC1.Cl. The summed E-state index contributed by atoms with van der Waals surface area (Å²) in [5, 5.41) is 12.4. The number of likely N-dealkylation sites (N-methyl/N-ethyl adjacent to an activating group) is 1. The summed E-state index contributed by atoms with van der Waals surface area (Å²) in [5.41, 5.74) is 0.836. The maximum Gasteiger partial charge on any atom is 0.317 e. The van der Waals surface area contributed by atoms with Gasteiger partial charge in [-0.05, 0) is 38.1 Å². The number of nitrogens with zero attached hydrogens (tertiary/aromatic N) is 2. The van der Waals surface area contributed by atoms with Gasteiger partial charge < -0.3 is 15.2 Å². The van der Waals surface area contributed by atoms with Gasteiger partial charge in [-0.3, -0.25) is 19.4 Å². The Morgan fingerprint density at radius 3 is 2.63 bits per heavy atom. The topological polar surface area (TPSA) is 82.1 Å². The van der Waals surface area contributed by atoms with E-state index in [9.17, 15) is 9.59 Å². The third-order valence-corrected chi connectivity index (χ3v) is 4.89. The molecule has 0 aromatic heterocycles. The van der Waals surface area contributed by atoms with Crippen molar-refractivity contribution < 1.29 is 19.4 Å². The molecule has 1 aliphatic rings. The van der Waals surface area contributed by atoms with Crippen LogP contribution in [0.15, 0.2) is 18.2 Å². The van der Waals surface area contributed by atoms with Gasteiger partial charge in [0.2, 0.25) is 5.91 Å². The smallest absolute Gasteiger partial charge is 0.317 e. The molecule has 0 aliphatic carbocycles. The minimum Gasteiger partial charge on any atom is -0.496 e. The Hall–Kier alpha value is -1.54. The second-order valence-corrected chi connectivity index (χ2v) is 6.99. The average molecular weight is 420 g/mol. The quantitative estimate of drug-likeness (QED) is 0.669. The Morgan fingerprint density at radius 2 is 2.04 bits per heavy atom. The fourth-order valence-corrected chi connectivity index (χ4v) is 3.39. The minimum absolute atomic E-state index is 0. The summed E-state index contributed by atoms with van der Waals surface area (Å²) in [6.07, 6.45) is 1.72. The Morgan fingerprint density at radius 1 is 1.37 bits per heavy atom. The summed E-state index contributed by atoms with van der Waals surface area (Å²) in [4.78, 5) is 27.0. The fourth-order valence-electron chi connectivity index (χ4n) is 3.20. The van der Waals surface area contributed by atoms with E-state index in [1.165, 1.54) is 0 Å². The van der Waals surface area contributed by atoms with E-state index in [1.807, 2.05) is 11.9 Å². The summed E-state index contributed by atoms with van der Waals surface area (Å²) in [7, 11) is 3.42. The van der Waals surface area contributed by atoms with E-state index in [0.29, 0.717) is 23.9 Å². The van der Waals surface area contributed by atoms with Gasteiger partial charge in [0, 0.05) is 36.3 Å². The molecule has 152 valence electrons. The number of benzene rings is 1. The van der Waals surface area contributed by atoms with E-state index in [4.69, 9.17) is 21.4 Å². The Labute approximate surface area is 171 Å². The maximum atomic E-state index is 12.2. The van der Waals surface area contributed by atoms with E-state index in [0.717, 1.165) is 31.5 Å². The van der Waals surface area contributed by atoms with Gasteiger partial charge in [0.05, 0.1) is 20.2 Å². The van der Waals surface area contributed by atoms with Crippen LogP contribution >= 0.6 is 24.0 Å². The van der Waals surface area contributed by atoms with E-state index >= 15 is 0 Å². The lowest BCUT2D eigenvalue weighted by Crippen LogP contribution is -2.47. The van der Waals surface area contributed by atoms with Crippen LogP contribution in [-0.4, -0.2) is 73.2 Å². The van der Waals surface area contributed by atoms with Crippen LogP contribution in [0.4, 0.5) is 0 Å². The number of likely N-dealkylation sites (tertiary alicyclic amines) is 1. The molecule has 27 heavy (non-hydrogen) atoms. The van der Waals surface area contributed by atoms with Gasteiger partial charge in [-0.1, -0.05) is 11.6 Å². The molecule has 0 atom stereocenters. The number of hydrogen-bond acceptors (Lipinski definition) is 5. The first-order chi connectivity index (χ1) is 12.4. The second kappa shape index (κ2) is 11.3. The normalized spacial score (nSPS) is 15.3. The fraction of sp³-hybridized carbons (Fsp3) is 0.556. The minimum atomic E-state index is -0.814. The van der Waals surface area contributed by atoms with Crippen LogP contribution < -0.4 is 10.1 Å².